The lowest BCUT2D eigenvalue weighted by molar-refractivity contribution is -0.136. The van der Waals surface area contributed by atoms with Crippen molar-refractivity contribution >= 4 is 40.4 Å². The average Bonchev–Trinajstić information content (AvgIpc) is 3.72. The van der Waals surface area contributed by atoms with Gasteiger partial charge in [-0.15, -0.1) is 0 Å². The molecule has 56 heavy (non-hydrogen) atoms. The molecule has 0 radical (unpaired) electrons. The smallest absolute Gasteiger partial charge is 0.274 e. The molecule has 4 aliphatic rings. The van der Waals surface area contributed by atoms with Crippen LogP contribution in [-0.2, 0) is 22.7 Å². The summed E-state index contributed by atoms with van der Waals surface area (Å²) in [6.45, 7) is 6.82. The molecule has 14 heteroatoms. The minimum atomic E-state index is -0.994. The van der Waals surface area contributed by atoms with Crippen LogP contribution in [0.2, 0.25) is 0 Å². The van der Waals surface area contributed by atoms with Crippen molar-refractivity contribution in [2.24, 2.45) is 5.92 Å². The number of carbonyl (C=O) groups is 5. The van der Waals surface area contributed by atoms with Crippen molar-refractivity contribution in [3.8, 4) is 11.5 Å². The Labute approximate surface area is 324 Å². The van der Waals surface area contributed by atoms with E-state index >= 15 is 0 Å². The number of amides is 5. The quantitative estimate of drug-likeness (QED) is 0.109. The zero-order valence-electron chi connectivity index (χ0n) is 31.2. The molecule has 2 unspecified atom stereocenters. The van der Waals surface area contributed by atoms with Gasteiger partial charge in [0.2, 0.25) is 11.8 Å². The zero-order chi connectivity index (χ0) is 38.8. The minimum Gasteiger partial charge on any atom is -0.492 e. The second-order valence-electron chi connectivity index (χ2n) is 15.2. The van der Waals surface area contributed by atoms with Crippen LogP contribution in [-0.4, -0.2) is 105 Å². The Morgan fingerprint density at radius 3 is 2.52 bits per heavy atom. The minimum absolute atomic E-state index is 0.0367. The summed E-state index contributed by atoms with van der Waals surface area (Å²) in [5.74, 6) is -0.668. The lowest BCUT2D eigenvalue weighted by Crippen LogP contribution is -2.54. The third-order valence-corrected chi connectivity index (χ3v) is 11.4. The van der Waals surface area contributed by atoms with E-state index in [1.54, 1.807) is 35.8 Å². The summed E-state index contributed by atoms with van der Waals surface area (Å²) in [5.41, 5.74) is 4.66. The van der Waals surface area contributed by atoms with Crippen LogP contribution in [0.1, 0.15) is 75.2 Å². The summed E-state index contributed by atoms with van der Waals surface area (Å²) in [6.07, 6.45) is 6.29. The SMILES string of the molecule is O=C1CCC(N2C(=O)c3ccc(OC4CCCN(CC5CCN(Cc6cccc(OCCn7ccc8ccc(C(=O)NO)cc87)c6)CC5)C4)cc3C2=O)C(=O)N1. The first-order valence-corrected chi connectivity index (χ1v) is 19.4. The van der Waals surface area contributed by atoms with Crippen molar-refractivity contribution in [3.05, 3.63) is 95.2 Å². The number of aromatic nitrogens is 1. The van der Waals surface area contributed by atoms with Gasteiger partial charge in [-0.1, -0.05) is 18.2 Å². The highest BCUT2D eigenvalue weighted by atomic mass is 16.5. The Kier molecular flexibility index (Phi) is 10.9. The van der Waals surface area contributed by atoms with Gasteiger partial charge in [0, 0.05) is 43.3 Å². The summed E-state index contributed by atoms with van der Waals surface area (Å²) in [6, 6.07) is 19.5. The molecule has 5 heterocycles. The maximum Gasteiger partial charge on any atom is 0.274 e. The molecular weight excluding hydrogens is 716 g/mol. The van der Waals surface area contributed by atoms with E-state index in [0.29, 0.717) is 30.4 Å². The Morgan fingerprint density at radius 1 is 0.857 bits per heavy atom. The molecule has 0 saturated carbocycles. The van der Waals surface area contributed by atoms with Gasteiger partial charge in [-0.2, -0.15) is 0 Å². The first-order chi connectivity index (χ1) is 27.2. The van der Waals surface area contributed by atoms with Crippen molar-refractivity contribution in [1.29, 1.82) is 0 Å². The van der Waals surface area contributed by atoms with Crippen molar-refractivity contribution in [3.63, 3.8) is 0 Å². The predicted molar refractivity (Wildman–Crippen MR) is 204 cm³/mol. The lowest BCUT2D eigenvalue weighted by atomic mass is 9.94. The molecule has 8 rings (SSSR count). The first-order valence-electron chi connectivity index (χ1n) is 19.4. The summed E-state index contributed by atoms with van der Waals surface area (Å²) in [7, 11) is 0. The molecule has 0 bridgehead atoms. The second-order valence-corrected chi connectivity index (χ2v) is 15.2. The number of imide groups is 2. The molecule has 3 fully saturated rings. The third-order valence-electron chi connectivity index (χ3n) is 11.4. The average molecular weight is 763 g/mol. The number of rotatable bonds is 12. The van der Waals surface area contributed by atoms with Gasteiger partial charge >= 0.3 is 0 Å². The number of benzene rings is 3. The van der Waals surface area contributed by atoms with E-state index in [1.165, 1.54) is 5.56 Å². The third kappa shape index (κ3) is 8.04. The zero-order valence-corrected chi connectivity index (χ0v) is 31.2. The summed E-state index contributed by atoms with van der Waals surface area (Å²) in [5, 5.41) is 12.2. The molecule has 292 valence electrons. The van der Waals surface area contributed by atoms with E-state index < -0.39 is 35.6 Å². The fourth-order valence-corrected chi connectivity index (χ4v) is 8.52. The number of carbonyl (C=O) groups excluding carboxylic acids is 5. The number of hydroxylamine groups is 1. The highest BCUT2D eigenvalue weighted by Gasteiger charge is 2.45. The summed E-state index contributed by atoms with van der Waals surface area (Å²) in [4.78, 5) is 68.3. The van der Waals surface area contributed by atoms with Crippen molar-refractivity contribution in [1.82, 2.24) is 30.1 Å². The van der Waals surface area contributed by atoms with Gasteiger partial charge in [0.05, 0.1) is 17.7 Å². The number of fused-ring (bicyclic) bond motifs is 2. The number of ether oxygens (including phenoxy) is 2. The molecule has 2 atom stereocenters. The molecule has 0 spiro atoms. The van der Waals surface area contributed by atoms with Crippen LogP contribution in [0, 0.1) is 5.92 Å². The number of nitrogens with one attached hydrogen (secondary N) is 2. The van der Waals surface area contributed by atoms with E-state index in [0.717, 1.165) is 86.5 Å². The Bertz CT molecular complexity index is 2160. The number of hydrogen-bond acceptors (Lipinski definition) is 10. The molecule has 4 aliphatic heterocycles. The van der Waals surface area contributed by atoms with Crippen LogP contribution in [0.4, 0.5) is 0 Å². The van der Waals surface area contributed by atoms with E-state index in [4.69, 9.17) is 14.7 Å². The van der Waals surface area contributed by atoms with Crippen LogP contribution >= 0.6 is 0 Å². The molecule has 3 N–H and O–H groups in total. The number of hydrogen-bond donors (Lipinski definition) is 3. The van der Waals surface area contributed by atoms with Crippen LogP contribution in [0.25, 0.3) is 10.9 Å². The largest absolute Gasteiger partial charge is 0.492 e. The van der Waals surface area contributed by atoms with Gasteiger partial charge in [-0.25, -0.2) is 5.48 Å². The molecule has 14 nitrogen and oxygen atoms in total. The summed E-state index contributed by atoms with van der Waals surface area (Å²) < 4.78 is 14.6. The Hall–Kier alpha value is -5.57. The maximum absolute atomic E-state index is 13.3. The van der Waals surface area contributed by atoms with Crippen molar-refractivity contribution in [2.45, 2.75) is 63.8 Å². The Balaban J connectivity index is 0.783. The molecule has 3 aromatic carbocycles. The Morgan fingerprint density at radius 2 is 1.70 bits per heavy atom. The fourth-order valence-electron chi connectivity index (χ4n) is 8.52. The standard InChI is InChI=1S/C42H46N6O8/c49-38-11-10-36(40(51)43-38)48-41(52)34-9-8-32(23-35(34)42(48)53)56-33-5-2-15-46(26-33)24-27-12-16-45(17-13-27)25-28-3-1-4-31(21-28)55-20-19-47-18-14-29-6-7-30(22-37(29)47)39(50)44-54/h1,3-4,6-9,14,18,21-23,27,33,36,54H,2,5,10-13,15-17,19-20,24-26H2,(H,44,50)(H,43,49,51). The molecule has 4 aromatic rings. The molecular formula is C42H46N6O8. The van der Waals surface area contributed by atoms with Crippen LogP contribution in [0.15, 0.2) is 72.9 Å². The number of likely N-dealkylation sites (tertiary alicyclic amines) is 2. The van der Waals surface area contributed by atoms with Gasteiger partial charge in [-0.05, 0) is 117 Å². The van der Waals surface area contributed by atoms with E-state index in [1.807, 2.05) is 35.0 Å². The maximum atomic E-state index is 13.3. The van der Waals surface area contributed by atoms with Crippen molar-refractivity contribution < 1.29 is 38.7 Å². The van der Waals surface area contributed by atoms with Crippen molar-refractivity contribution in [2.75, 3.05) is 39.3 Å². The first kappa shape index (κ1) is 37.4. The topological polar surface area (TPSA) is 163 Å². The van der Waals surface area contributed by atoms with E-state index in [9.17, 15) is 24.0 Å². The van der Waals surface area contributed by atoms with Gasteiger partial charge in [0.1, 0.15) is 30.3 Å². The van der Waals surface area contributed by atoms with Crippen LogP contribution in [0.5, 0.6) is 11.5 Å². The highest BCUT2D eigenvalue weighted by molar-refractivity contribution is 6.23. The lowest BCUT2D eigenvalue weighted by Gasteiger charge is -2.38. The number of piperidine rings is 3. The molecule has 1 aromatic heterocycles. The highest BCUT2D eigenvalue weighted by Crippen LogP contribution is 2.32. The van der Waals surface area contributed by atoms with E-state index in [-0.39, 0.29) is 30.1 Å². The molecule has 3 saturated heterocycles. The molecule has 0 aliphatic carbocycles. The predicted octanol–water partition coefficient (Wildman–Crippen LogP) is 4.00. The molecule has 5 amide bonds. The fraction of sp³-hybridized carbons (Fsp3) is 0.405. The van der Waals surface area contributed by atoms with E-state index in [2.05, 4.69) is 27.2 Å². The van der Waals surface area contributed by atoms with Gasteiger partial charge < -0.3 is 14.0 Å². The monoisotopic (exact) mass is 762 g/mol. The van der Waals surface area contributed by atoms with Gasteiger partial charge in [-0.3, -0.25) is 49.2 Å². The van der Waals surface area contributed by atoms with Crippen LogP contribution in [0.3, 0.4) is 0 Å². The normalized spacial score (nSPS) is 21.0. The number of nitrogens with zero attached hydrogens (tertiary/aromatic N) is 4. The van der Waals surface area contributed by atoms with Gasteiger partial charge in [0.25, 0.3) is 17.7 Å². The second kappa shape index (κ2) is 16.3. The van der Waals surface area contributed by atoms with Crippen LogP contribution < -0.4 is 20.3 Å². The summed E-state index contributed by atoms with van der Waals surface area (Å²) >= 11 is 0. The van der Waals surface area contributed by atoms with Gasteiger partial charge in [0.15, 0.2) is 0 Å².